The number of carbonyl (C=O) groups is 3. The first-order valence-electron chi connectivity index (χ1n) is 7.65. The Kier molecular flexibility index (Phi) is 3.86. The number of nitrogens with one attached hydrogen (secondary N) is 1. The molecule has 0 bridgehead atoms. The predicted molar refractivity (Wildman–Crippen MR) is 87.4 cm³/mol. The highest BCUT2D eigenvalue weighted by Crippen LogP contribution is 2.55. The molecule has 5 N–H and O–H groups in total. The molecule has 4 atom stereocenters. The second kappa shape index (κ2) is 5.45. The summed E-state index contributed by atoms with van der Waals surface area (Å²) in [7, 11) is 1.52. The van der Waals surface area contributed by atoms with E-state index in [4.69, 9.17) is 20.9 Å². The Bertz CT molecular complexity index is 763. The zero-order valence-electron chi connectivity index (χ0n) is 13.7. The van der Waals surface area contributed by atoms with Gasteiger partial charge in [0.25, 0.3) is 0 Å². The number of fused-ring (bicyclic) bond motifs is 4. The largest absolute Gasteiger partial charge is 0.449 e. The molecule has 4 rings (SSSR count). The van der Waals surface area contributed by atoms with Gasteiger partial charge in [-0.2, -0.15) is 0 Å². The van der Waals surface area contributed by atoms with Gasteiger partial charge in [-0.3, -0.25) is 9.59 Å². The molecule has 4 aliphatic rings. The van der Waals surface area contributed by atoms with Crippen molar-refractivity contribution in [3.05, 3.63) is 22.5 Å². The smallest absolute Gasteiger partial charge is 0.404 e. The summed E-state index contributed by atoms with van der Waals surface area (Å²) in [6.07, 6.45) is -0.950. The van der Waals surface area contributed by atoms with Gasteiger partial charge in [0, 0.05) is 30.8 Å². The van der Waals surface area contributed by atoms with Gasteiger partial charge in [0.05, 0.1) is 23.4 Å². The Morgan fingerprint density at radius 2 is 2.08 bits per heavy atom. The van der Waals surface area contributed by atoms with Crippen LogP contribution in [-0.4, -0.2) is 60.6 Å². The Balaban J connectivity index is 0.00000182. The van der Waals surface area contributed by atoms with Gasteiger partial charge in [-0.25, -0.2) is 4.79 Å². The number of methoxy groups -OCH3 is 1. The molecule has 0 aromatic carbocycles. The van der Waals surface area contributed by atoms with E-state index in [0.29, 0.717) is 12.2 Å². The number of rotatable bonds is 3. The number of primary amides is 1. The number of hydrogen-bond acceptors (Lipinski definition) is 8. The van der Waals surface area contributed by atoms with E-state index < -0.39 is 23.5 Å². The van der Waals surface area contributed by atoms with Crippen LogP contribution in [0.3, 0.4) is 0 Å². The first-order chi connectivity index (χ1) is 11.3. The van der Waals surface area contributed by atoms with E-state index in [0.717, 1.165) is 0 Å². The molecule has 0 saturated carbocycles. The molecule has 0 unspecified atom stereocenters. The molecule has 0 aromatic heterocycles. The predicted octanol–water partition coefficient (Wildman–Crippen LogP) is -1.23. The summed E-state index contributed by atoms with van der Waals surface area (Å²) in [6, 6.07) is 0.109. The van der Waals surface area contributed by atoms with E-state index in [1.807, 2.05) is 4.90 Å². The zero-order valence-corrected chi connectivity index (χ0v) is 14.5. The number of hydrogen-bond donors (Lipinski definition) is 3. The monoisotopic (exact) mass is 370 g/mol. The highest BCUT2D eigenvalue weighted by atomic mass is 35.5. The molecule has 0 spiro atoms. The number of carbonyl (C=O) groups excluding carboxylic acids is 3. The van der Waals surface area contributed by atoms with Crippen molar-refractivity contribution in [2.75, 3.05) is 20.3 Å². The average molecular weight is 371 g/mol. The number of piperazine rings is 1. The molecule has 10 heteroatoms. The van der Waals surface area contributed by atoms with E-state index >= 15 is 0 Å². The summed E-state index contributed by atoms with van der Waals surface area (Å²) >= 11 is 0. The van der Waals surface area contributed by atoms with Crippen LogP contribution in [0, 0.1) is 5.92 Å². The molecule has 1 aliphatic carbocycles. The van der Waals surface area contributed by atoms with E-state index in [-0.39, 0.29) is 53.7 Å². The molecule has 2 saturated heterocycles. The number of halogens is 1. The van der Waals surface area contributed by atoms with Gasteiger partial charge in [-0.1, -0.05) is 0 Å². The van der Waals surface area contributed by atoms with Crippen LogP contribution in [0.25, 0.3) is 0 Å². The maximum Gasteiger partial charge on any atom is 0.404 e. The summed E-state index contributed by atoms with van der Waals surface area (Å²) in [5, 5.41) is 3.28. The van der Waals surface area contributed by atoms with E-state index in [1.165, 1.54) is 14.0 Å². The lowest BCUT2D eigenvalue weighted by atomic mass is 9.82. The SMILES string of the molecule is CO[C@@]12[C@H](COC(N)=O)C3=C(C(=O)C(C)=C(N)C3=O)N1C[C@@H]1N[C@@H]12.Cl. The number of nitrogens with zero attached hydrogens (tertiary/aromatic N) is 1. The molecule has 136 valence electrons. The molecule has 2 fully saturated rings. The van der Waals surface area contributed by atoms with Crippen LogP contribution in [-0.2, 0) is 19.1 Å². The van der Waals surface area contributed by atoms with Crippen molar-refractivity contribution in [3.8, 4) is 0 Å². The lowest BCUT2D eigenvalue weighted by molar-refractivity contribution is -0.137. The van der Waals surface area contributed by atoms with Gasteiger partial charge >= 0.3 is 6.09 Å². The Hall–Kier alpha value is -2.10. The minimum atomic E-state index is -0.957. The van der Waals surface area contributed by atoms with Crippen molar-refractivity contribution in [1.29, 1.82) is 0 Å². The molecule has 3 heterocycles. The van der Waals surface area contributed by atoms with E-state index in [1.54, 1.807) is 0 Å². The van der Waals surface area contributed by atoms with Crippen LogP contribution >= 0.6 is 12.4 Å². The number of ether oxygens (including phenoxy) is 2. The van der Waals surface area contributed by atoms with Gasteiger partial charge in [-0.15, -0.1) is 12.4 Å². The summed E-state index contributed by atoms with van der Waals surface area (Å²) in [5.41, 5.74) is 10.7. The zero-order chi connectivity index (χ0) is 17.4. The quantitative estimate of drug-likeness (QED) is 0.413. The number of Topliss-reactive ketones (excluding diaryl/α,β-unsaturated/α-hetero) is 2. The average Bonchev–Trinajstić information content (AvgIpc) is 3.16. The molecule has 3 aliphatic heterocycles. The van der Waals surface area contributed by atoms with Crippen LogP contribution < -0.4 is 16.8 Å². The maximum absolute atomic E-state index is 12.8. The van der Waals surface area contributed by atoms with Crippen molar-refractivity contribution in [2.24, 2.45) is 17.4 Å². The standard InChI is InChI=1S/C15H18N4O5.ClH/c1-5-9(16)12(21)8-6(4-24-14(17)22)15(23-2)13-7(18-13)3-19(15)10(8)11(5)20;/h6-7,13,18H,3-4,16H2,1-2H3,(H2,17,22);1H/t6-,7+,13+,15-;/m1./s1. The summed E-state index contributed by atoms with van der Waals surface area (Å²) in [5.74, 6) is -1.34. The number of ketones is 2. The topological polar surface area (TPSA) is 147 Å². The van der Waals surface area contributed by atoms with Gasteiger partial charge < -0.3 is 31.2 Å². The Morgan fingerprint density at radius 1 is 1.40 bits per heavy atom. The molecule has 25 heavy (non-hydrogen) atoms. The van der Waals surface area contributed by atoms with E-state index in [9.17, 15) is 14.4 Å². The summed E-state index contributed by atoms with van der Waals surface area (Å²) in [6.45, 7) is 1.92. The molecular formula is C15H19ClN4O5. The third kappa shape index (κ3) is 2.00. The molecule has 0 aromatic rings. The third-order valence-electron chi connectivity index (χ3n) is 5.47. The molecule has 9 nitrogen and oxygen atoms in total. The first kappa shape index (κ1) is 17.7. The lowest BCUT2D eigenvalue weighted by Gasteiger charge is -2.39. The second-order valence-corrected chi connectivity index (χ2v) is 6.46. The van der Waals surface area contributed by atoms with Crippen LogP contribution in [0.4, 0.5) is 4.79 Å². The highest BCUT2D eigenvalue weighted by molar-refractivity contribution is 6.25. The number of allylic oxidation sites excluding steroid dienone is 2. The first-order valence-corrected chi connectivity index (χ1v) is 7.65. The van der Waals surface area contributed by atoms with E-state index in [2.05, 4.69) is 5.32 Å². The second-order valence-electron chi connectivity index (χ2n) is 6.46. The molecule has 0 radical (unpaired) electrons. The summed E-state index contributed by atoms with van der Waals surface area (Å²) in [4.78, 5) is 38.4. The number of nitrogens with two attached hydrogens (primary N) is 2. The molecule has 1 amide bonds. The van der Waals surface area contributed by atoms with Gasteiger partial charge in [0.15, 0.2) is 5.72 Å². The van der Waals surface area contributed by atoms with Gasteiger partial charge in [-0.05, 0) is 6.92 Å². The maximum atomic E-state index is 12.8. The third-order valence-corrected chi connectivity index (χ3v) is 5.47. The minimum absolute atomic E-state index is 0. The van der Waals surface area contributed by atoms with Crippen LogP contribution in [0.5, 0.6) is 0 Å². The van der Waals surface area contributed by atoms with Crippen molar-refractivity contribution >= 4 is 30.1 Å². The van der Waals surface area contributed by atoms with Crippen molar-refractivity contribution < 1.29 is 23.9 Å². The van der Waals surface area contributed by atoms with Crippen LogP contribution in [0.15, 0.2) is 22.5 Å². The van der Waals surface area contributed by atoms with Crippen LogP contribution in [0.1, 0.15) is 6.92 Å². The minimum Gasteiger partial charge on any atom is -0.449 e. The van der Waals surface area contributed by atoms with Crippen molar-refractivity contribution in [1.82, 2.24) is 10.2 Å². The number of amides is 1. The highest BCUT2D eigenvalue weighted by Gasteiger charge is 2.72. The fourth-order valence-corrected chi connectivity index (χ4v) is 4.31. The fourth-order valence-electron chi connectivity index (χ4n) is 4.31. The van der Waals surface area contributed by atoms with Crippen molar-refractivity contribution in [3.63, 3.8) is 0 Å². The Labute approximate surface area is 149 Å². The van der Waals surface area contributed by atoms with Crippen LogP contribution in [0.2, 0.25) is 0 Å². The van der Waals surface area contributed by atoms with Crippen molar-refractivity contribution in [2.45, 2.75) is 24.7 Å². The Morgan fingerprint density at radius 3 is 2.68 bits per heavy atom. The van der Waals surface area contributed by atoms with Gasteiger partial charge in [0.1, 0.15) is 6.61 Å². The molecular weight excluding hydrogens is 352 g/mol. The normalized spacial score (nSPS) is 35.3. The fraction of sp³-hybridized carbons (Fsp3) is 0.533. The lowest BCUT2D eigenvalue weighted by Crippen LogP contribution is -2.55. The van der Waals surface area contributed by atoms with Gasteiger partial charge in [0.2, 0.25) is 11.6 Å². The summed E-state index contributed by atoms with van der Waals surface area (Å²) < 4.78 is 10.8.